The summed E-state index contributed by atoms with van der Waals surface area (Å²) in [5, 5.41) is 3.06. The SMILES string of the molecule is CCc1ccc(-c2c(F)cc(Cl)cc2F)cc1C1=C(N=O)C(C)(C)OC(C)(C)C1=O. The minimum atomic E-state index is -1.20. The Kier molecular flexibility index (Phi) is 5.69. The van der Waals surface area contributed by atoms with Crippen LogP contribution in [0.1, 0.15) is 45.7 Å². The van der Waals surface area contributed by atoms with E-state index in [9.17, 15) is 18.5 Å². The van der Waals surface area contributed by atoms with Gasteiger partial charge in [-0.25, -0.2) is 8.78 Å². The number of Topliss-reactive ketones (excluding diaryl/α,β-unsaturated/α-hetero) is 1. The van der Waals surface area contributed by atoms with Crippen LogP contribution in [0.2, 0.25) is 5.02 Å². The van der Waals surface area contributed by atoms with Gasteiger partial charge in [0.2, 0.25) is 0 Å². The Labute approximate surface area is 178 Å². The van der Waals surface area contributed by atoms with Crippen molar-refractivity contribution in [1.82, 2.24) is 0 Å². The van der Waals surface area contributed by atoms with Gasteiger partial charge in [0.25, 0.3) is 0 Å². The quantitative estimate of drug-likeness (QED) is 0.518. The summed E-state index contributed by atoms with van der Waals surface area (Å²) in [7, 11) is 0. The van der Waals surface area contributed by atoms with Gasteiger partial charge in [-0.05, 0) is 74.2 Å². The van der Waals surface area contributed by atoms with Crippen molar-refractivity contribution < 1.29 is 18.3 Å². The molecule has 0 radical (unpaired) electrons. The Hall–Kier alpha value is -2.44. The number of aryl methyl sites for hydroxylation is 1. The van der Waals surface area contributed by atoms with Gasteiger partial charge in [-0.15, -0.1) is 4.91 Å². The first kappa shape index (κ1) is 22.2. The van der Waals surface area contributed by atoms with Gasteiger partial charge >= 0.3 is 0 Å². The third kappa shape index (κ3) is 3.70. The van der Waals surface area contributed by atoms with Crippen molar-refractivity contribution in [3.8, 4) is 11.1 Å². The number of carbonyl (C=O) groups is 1. The molecule has 0 fully saturated rings. The monoisotopic (exact) mass is 433 g/mol. The fourth-order valence-corrected chi connectivity index (χ4v) is 4.13. The third-order valence-electron chi connectivity index (χ3n) is 5.24. The maximum atomic E-state index is 14.5. The lowest BCUT2D eigenvalue weighted by Crippen LogP contribution is -2.49. The zero-order valence-electron chi connectivity index (χ0n) is 17.4. The Bertz CT molecular complexity index is 1070. The van der Waals surface area contributed by atoms with Crippen molar-refractivity contribution >= 4 is 23.0 Å². The van der Waals surface area contributed by atoms with Crippen LogP contribution in [0.25, 0.3) is 16.7 Å². The number of ether oxygens (including phenoxy) is 1. The summed E-state index contributed by atoms with van der Waals surface area (Å²) in [6.07, 6.45) is 0.534. The van der Waals surface area contributed by atoms with Crippen LogP contribution in [0.5, 0.6) is 0 Å². The fourth-order valence-electron chi connectivity index (χ4n) is 3.94. The molecule has 3 rings (SSSR count). The molecular weight excluding hydrogens is 412 g/mol. The number of hydrogen-bond acceptors (Lipinski definition) is 4. The lowest BCUT2D eigenvalue weighted by Gasteiger charge is -2.40. The molecular formula is C23H22ClF2NO3. The molecule has 0 N–H and O–H groups in total. The molecule has 0 bridgehead atoms. The van der Waals surface area contributed by atoms with Gasteiger partial charge < -0.3 is 4.74 Å². The summed E-state index contributed by atoms with van der Waals surface area (Å²) in [5.41, 5.74) is -1.14. The van der Waals surface area contributed by atoms with Gasteiger partial charge in [0.05, 0.1) is 11.1 Å². The first-order chi connectivity index (χ1) is 13.9. The van der Waals surface area contributed by atoms with E-state index in [2.05, 4.69) is 5.18 Å². The molecule has 0 saturated heterocycles. The molecule has 0 aliphatic carbocycles. The van der Waals surface area contributed by atoms with E-state index in [1.807, 2.05) is 6.92 Å². The molecule has 0 amide bonds. The van der Waals surface area contributed by atoms with Crippen LogP contribution >= 0.6 is 11.6 Å². The molecule has 0 spiro atoms. The summed E-state index contributed by atoms with van der Waals surface area (Å²) in [6.45, 7) is 8.44. The van der Waals surface area contributed by atoms with Gasteiger partial charge in [-0.2, -0.15) is 0 Å². The summed E-state index contributed by atoms with van der Waals surface area (Å²) in [5.74, 6) is -2.06. The number of carbonyl (C=O) groups excluding carboxylic acids is 1. The number of nitroso groups, excluding NO2 is 1. The lowest BCUT2D eigenvalue weighted by molar-refractivity contribution is -0.152. The zero-order chi connectivity index (χ0) is 22.4. The largest absolute Gasteiger partial charge is 0.355 e. The summed E-state index contributed by atoms with van der Waals surface area (Å²) in [4.78, 5) is 25.0. The molecule has 2 aromatic rings. The fraction of sp³-hybridized carbons (Fsp3) is 0.348. The molecule has 1 aliphatic heterocycles. The normalized spacial score (nSPS) is 17.9. The van der Waals surface area contributed by atoms with E-state index in [1.165, 1.54) is 6.07 Å². The smallest absolute Gasteiger partial charge is 0.196 e. The maximum Gasteiger partial charge on any atom is 0.196 e. The van der Waals surface area contributed by atoms with Crippen molar-refractivity contribution in [2.45, 2.75) is 52.2 Å². The summed E-state index contributed by atoms with van der Waals surface area (Å²) >= 11 is 5.74. The van der Waals surface area contributed by atoms with E-state index >= 15 is 0 Å². The van der Waals surface area contributed by atoms with E-state index in [-0.39, 0.29) is 27.4 Å². The van der Waals surface area contributed by atoms with Crippen molar-refractivity contribution in [3.05, 3.63) is 68.7 Å². The molecule has 30 heavy (non-hydrogen) atoms. The lowest BCUT2D eigenvalue weighted by atomic mass is 9.80. The Morgan fingerprint density at radius 3 is 2.17 bits per heavy atom. The van der Waals surface area contributed by atoms with Crippen LogP contribution in [0.15, 0.2) is 41.2 Å². The van der Waals surface area contributed by atoms with Crippen LogP contribution in [0.3, 0.4) is 0 Å². The van der Waals surface area contributed by atoms with Crippen LogP contribution in [-0.2, 0) is 16.0 Å². The van der Waals surface area contributed by atoms with Gasteiger partial charge in [-0.3, -0.25) is 4.79 Å². The average Bonchev–Trinajstić information content (AvgIpc) is 2.62. The molecule has 0 aromatic heterocycles. The number of ketones is 1. The Balaban J connectivity index is 2.35. The second-order valence-corrected chi connectivity index (χ2v) is 8.67. The highest BCUT2D eigenvalue weighted by molar-refractivity contribution is 6.30. The van der Waals surface area contributed by atoms with Crippen LogP contribution in [0, 0.1) is 16.5 Å². The minimum absolute atomic E-state index is 0.0456. The highest BCUT2D eigenvalue weighted by atomic mass is 35.5. The van der Waals surface area contributed by atoms with E-state index in [0.29, 0.717) is 12.0 Å². The molecule has 0 atom stereocenters. The first-order valence-electron chi connectivity index (χ1n) is 9.54. The van der Waals surface area contributed by atoms with E-state index in [4.69, 9.17) is 16.3 Å². The van der Waals surface area contributed by atoms with Crippen LogP contribution < -0.4 is 0 Å². The second kappa shape index (κ2) is 7.67. The van der Waals surface area contributed by atoms with Crippen molar-refractivity contribution in [1.29, 1.82) is 0 Å². The third-order valence-corrected chi connectivity index (χ3v) is 5.46. The van der Waals surface area contributed by atoms with E-state index < -0.39 is 28.6 Å². The first-order valence-corrected chi connectivity index (χ1v) is 9.92. The number of nitrogens with zero attached hydrogens (tertiary/aromatic N) is 1. The Morgan fingerprint density at radius 2 is 1.63 bits per heavy atom. The van der Waals surface area contributed by atoms with Gasteiger partial charge in [0.1, 0.15) is 28.5 Å². The standard InChI is InChI=1S/C23H22ClF2NO3/c1-6-12-7-8-13(18-16(25)10-14(24)11-17(18)26)9-15(12)19-20(27-29)22(2,3)30-23(4,5)21(19)28/h7-11H,6H2,1-5H3. The summed E-state index contributed by atoms with van der Waals surface area (Å²) < 4.78 is 34.9. The van der Waals surface area contributed by atoms with E-state index in [0.717, 1.165) is 17.7 Å². The molecule has 158 valence electrons. The molecule has 1 heterocycles. The zero-order valence-corrected chi connectivity index (χ0v) is 18.2. The van der Waals surface area contributed by atoms with Gasteiger partial charge in [0, 0.05) is 5.02 Å². The van der Waals surface area contributed by atoms with Crippen molar-refractivity contribution in [2.24, 2.45) is 5.18 Å². The van der Waals surface area contributed by atoms with Crippen molar-refractivity contribution in [2.75, 3.05) is 0 Å². The second-order valence-electron chi connectivity index (χ2n) is 8.24. The molecule has 7 heteroatoms. The molecule has 1 aliphatic rings. The highest BCUT2D eigenvalue weighted by Gasteiger charge is 2.48. The average molecular weight is 434 g/mol. The van der Waals surface area contributed by atoms with Crippen LogP contribution in [0.4, 0.5) is 8.78 Å². The highest BCUT2D eigenvalue weighted by Crippen LogP contribution is 2.43. The van der Waals surface area contributed by atoms with E-state index in [1.54, 1.807) is 39.8 Å². The topological polar surface area (TPSA) is 55.7 Å². The van der Waals surface area contributed by atoms with Crippen molar-refractivity contribution in [3.63, 3.8) is 0 Å². The van der Waals surface area contributed by atoms with Gasteiger partial charge in [-0.1, -0.05) is 30.7 Å². The number of halogens is 3. The molecule has 4 nitrogen and oxygen atoms in total. The maximum absolute atomic E-state index is 14.5. The number of hydrogen-bond donors (Lipinski definition) is 0. The number of rotatable bonds is 4. The Morgan fingerprint density at radius 1 is 1.03 bits per heavy atom. The summed E-state index contributed by atoms with van der Waals surface area (Å²) in [6, 6.07) is 6.83. The number of benzene rings is 2. The predicted octanol–water partition coefficient (Wildman–Crippen LogP) is 6.48. The minimum Gasteiger partial charge on any atom is -0.355 e. The molecule has 0 saturated carbocycles. The van der Waals surface area contributed by atoms with Crippen LogP contribution in [-0.4, -0.2) is 17.0 Å². The predicted molar refractivity (Wildman–Crippen MR) is 113 cm³/mol. The molecule has 0 unspecified atom stereocenters. The van der Waals surface area contributed by atoms with Gasteiger partial charge in [0.15, 0.2) is 5.78 Å². The molecule has 2 aromatic carbocycles.